The molecule has 0 aliphatic rings. The molecular weight excluding hydrogens is 362 g/mol. The summed E-state index contributed by atoms with van der Waals surface area (Å²) in [6.07, 6.45) is 1.68. The number of nitrogens with zero attached hydrogens (tertiary/aromatic N) is 1. The molecule has 27 heavy (non-hydrogen) atoms. The summed E-state index contributed by atoms with van der Waals surface area (Å²) < 4.78 is 25.7. The first-order valence-corrected chi connectivity index (χ1v) is 10.3. The molecule has 0 unspecified atom stereocenters. The summed E-state index contributed by atoms with van der Waals surface area (Å²) in [5.41, 5.74) is 2.49. The third-order valence-corrected chi connectivity index (χ3v) is 6.13. The van der Waals surface area contributed by atoms with Crippen LogP contribution in [0.1, 0.15) is 24.5 Å². The van der Waals surface area contributed by atoms with E-state index in [1.807, 2.05) is 32.0 Å². The minimum atomic E-state index is -3.55. The maximum Gasteiger partial charge on any atom is 0.319 e. The van der Waals surface area contributed by atoms with Crippen molar-refractivity contribution in [2.75, 3.05) is 19.4 Å². The third-order valence-electron chi connectivity index (χ3n) is 4.32. The molecule has 2 aromatic rings. The first-order valence-electron chi connectivity index (χ1n) is 8.85. The number of anilines is 1. The van der Waals surface area contributed by atoms with E-state index in [1.54, 1.807) is 6.07 Å². The van der Waals surface area contributed by atoms with Crippen LogP contribution in [0, 0.1) is 6.92 Å². The van der Waals surface area contributed by atoms with Crippen LogP contribution in [0.25, 0.3) is 0 Å². The average Bonchev–Trinajstić information content (AvgIpc) is 2.62. The first-order chi connectivity index (χ1) is 12.7. The van der Waals surface area contributed by atoms with E-state index in [0.717, 1.165) is 22.7 Å². The zero-order valence-corrected chi connectivity index (χ0v) is 17.0. The van der Waals surface area contributed by atoms with Crippen LogP contribution in [0.5, 0.6) is 0 Å². The van der Waals surface area contributed by atoms with Gasteiger partial charge in [0.05, 0.1) is 4.90 Å². The molecule has 2 N–H and O–H groups in total. The molecule has 2 rings (SSSR count). The van der Waals surface area contributed by atoms with Crippen molar-refractivity contribution in [1.29, 1.82) is 0 Å². The molecule has 0 spiro atoms. The number of amides is 2. The molecule has 0 aromatic heterocycles. The molecule has 0 heterocycles. The molecule has 1 atom stereocenters. The van der Waals surface area contributed by atoms with E-state index in [-0.39, 0.29) is 17.0 Å². The van der Waals surface area contributed by atoms with E-state index < -0.39 is 10.0 Å². The van der Waals surface area contributed by atoms with Crippen molar-refractivity contribution >= 4 is 21.7 Å². The first kappa shape index (κ1) is 20.9. The van der Waals surface area contributed by atoms with Crippen molar-refractivity contribution in [3.8, 4) is 0 Å². The van der Waals surface area contributed by atoms with Crippen LogP contribution in [-0.4, -0.2) is 38.9 Å². The van der Waals surface area contributed by atoms with Crippen LogP contribution in [0.3, 0.4) is 0 Å². The maximum atomic E-state index is 12.3. The maximum absolute atomic E-state index is 12.3. The van der Waals surface area contributed by atoms with E-state index >= 15 is 0 Å². The molecule has 7 heteroatoms. The Kier molecular flexibility index (Phi) is 6.98. The Labute approximate surface area is 161 Å². The molecule has 0 aliphatic carbocycles. The zero-order chi connectivity index (χ0) is 20.0. The van der Waals surface area contributed by atoms with Crippen molar-refractivity contribution < 1.29 is 13.2 Å². The highest BCUT2D eigenvalue weighted by Gasteiger charge is 2.19. The van der Waals surface area contributed by atoms with Gasteiger partial charge in [-0.3, -0.25) is 0 Å². The van der Waals surface area contributed by atoms with Crippen LogP contribution in [0.2, 0.25) is 0 Å². The lowest BCUT2D eigenvalue weighted by atomic mass is 10.1. The number of sulfonamides is 1. The smallest absolute Gasteiger partial charge is 0.319 e. The fourth-order valence-corrected chi connectivity index (χ4v) is 3.52. The summed E-state index contributed by atoms with van der Waals surface area (Å²) in [7, 11) is -0.601. The standard InChI is InChI=1S/C20H27N3O3S/c1-15-10-13-18(27(25,26)23(3)4)14-19(15)22-20(24)21-16(2)11-12-17-8-6-5-7-9-17/h5-10,13-14,16H,11-12H2,1-4H3,(H2,21,22,24)/t16-/m1/s1. The van der Waals surface area contributed by atoms with Crippen LogP contribution in [0.15, 0.2) is 53.4 Å². The lowest BCUT2D eigenvalue weighted by Gasteiger charge is -2.17. The molecule has 2 amide bonds. The molecule has 146 valence electrons. The second-order valence-corrected chi connectivity index (χ2v) is 8.94. The van der Waals surface area contributed by atoms with Gasteiger partial charge in [-0.05, 0) is 49.9 Å². The van der Waals surface area contributed by atoms with Gasteiger partial charge in [0.2, 0.25) is 10.0 Å². The minimum Gasteiger partial charge on any atom is -0.335 e. The molecule has 0 saturated heterocycles. The van der Waals surface area contributed by atoms with E-state index in [0.29, 0.717) is 5.69 Å². The second-order valence-electron chi connectivity index (χ2n) is 6.79. The number of nitrogens with one attached hydrogen (secondary N) is 2. The Morgan fingerprint density at radius 3 is 2.41 bits per heavy atom. The van der Waals surface area contributed by atoms with E-state index in [1.165, 1.54) is 31.8 Å². The normalized spacial score (nSPS) is 12.6. The number of carbonyl (C=O) groups excluding carboxylic acids is 1. The Morgan fingerprint density at radius 1 is 1.11 bits per heavy atom. The Hall–Kier alpha value is -2.38. The summed E-state index contributed by atoms with van der Waals surface area (Å²) in [5, 5.41) is 5.65. The fraction of sp³-hybridized carbons (Fsp3) is 0.350. The van der Waals surface area contributed by atoms with Crippen LogP contribution in [0.4, 0.5) is 10.5 Å². The Bertz CT molecular complexity index is 881. The lowest BCUT2D eigenvalue weighted by Crippen LogP contribution is -2.36. The highest BCUT2D eigenvalue weighted by molar-refractivity contribution is 7.89. The van der Waals surface area contributed by atoms with Crippen molar-refractivity contribution in [3.05, 3.63) is 59.7 Å². The second kappa shape index (κ2) is 9.01. The van der Waals surface area contributed by atoms with Gasteiger partial charge < -0.3 is 10.6 Å². The SMILES string of the molecule is Cc1ccc(S(=O)(=O)N(C)C)cc1NC(=O)N[C@H](C)CCc1ccccc1. The topological polar surface area (TPSA) is 78.5 Å². The van der Waals surface area contributed by atoms with Crippen molar-refractivity contribution in [1.82, 2.24) is 9.62 Å². The molecular formula is C20H27N3O3S. The Balaban J connectivity index is 1.98. The van der Waals surface area contributed by atoms with E-state index in [9.17, 15) is 13.2 Å². The van der Waals surface area contributed by atoms with Crippen LogP contribution in [-0.2, 0) is 16.4 Å². The van der Waals surface area contributed by atoms with Crippen LogP contribution >= 0.6 is 0 Å². The molecule has 0 fully saturated rings. The van der Waals surface area contributed by atoms with Gasteiger partial charge in [-0.1, -0.05) is 36.4 Å². The molecule has 0 saturated carbocycles. The third kappa shape index (κ3) is 5.80. The summed E-state index contributed by atoms with van der Waals surface area (Å²) in [6.45, 7) is 3.77. The van der Waals surface area contributed by atoms with Gasteiger partial charge in [0, 0.05) is 25.8 Å². The van der Waals surface area contributed by atoms with Crippen molar-refractivity contribution in [2.24, 2.45) is 0 Å². The average molecular weight is 390 g/mol. The molecule has 0 radical (unpaired) electrons. The van der Waals surface area contributed by atoms with Gasteiger partial charge in [0.1, 0.15) is 0 Å². The quantitative estimate of drug-likeness (QED) is 0.762. The lowest BCUT2D eigenvalue weighted by molar-refractivity contribution is 0.248. The van der Waals surface area contributed by atoms with Gasteiger partial charge in [0.25, 0.3) is 0 Å². The molecule has 6 nitrogen and oxygen atoms in total. The highest BCUT2D eigenvalue weighted by atomic mass is 32.2. The van der Waals surface area contributed by atoms with E-state index in [2.05, 4.69) is 22.8 Å². The number of benzene rings is 2. The molecule has 0 bridgehead atoms. The highest BCUT2D eigenvalue weighted by Crippen LogP contribution is 2.22. The summed E-state index contributed by atoms with van der Waals surface area (Å²) in [5.74, 6) is 0. The summed E-state index contributed by atoms with van der Waals surface area (Å²) in [4.78, 5) is 12.4. The minimum absolute atomic E-state index is 0.0146. The summed E-state index contributed by atoms with van der Waals surface area (Å²) in [6, 6.07) is 14.4. The Morgan fingerprint density at radius 2 is 1.78 bits per heavy atom. The van der Waals surface area contributed by atoms with Crippen molar-refractivity contribution in [3.63, 3.8) is 0 Å². The summed E-state index contributed by atoms with van der Waals surface area (Å²) >= 11 is 0. The predicted molar refractivity (Wildman–Crippen MR) is 108 cm³/mol. The monoisotopic (exact) mass is 389 g/mol. The van der Waals surface area contributed by atoms with Gasteiger partial charge in [-0.2, -0.15) is 0 Å². The van der Waals surface area contributed by atoms with E-state index in [4.69, 9.17) is 0 Å². The number of urea groups is 1. The van der Waals surface area contributed by atoms with Gasteiger partial charge >= 0.3 is 6.03 Å². The molecule has 2 aromatic carbocycles. The number of hydrogen-bond donors (Lipinski definition) is 2. The van der Waals surface area contributed by atoms with Gasteiger partial charge in [0.15, 0.2) is 0 Å². The number of carbonyl (C=O) groups is 1. The largest absolute Gasteiger partial charge is 0.335 e. The fourth-order valence-electron chi connectivity index (χ4n) is 2.59. The zero-order valence-electron chi connectivity index (χ0n) is 16.2. The van der Waals surface area contributed by atoms with Crippen molar-refractivity contribution in [2.45, 2.75) is 37.6 Å². The molecule has 0 aliphatic heterocycles. The van der Waals surface area contributed by atoms with Crippen LogP contribution < -0.4 is 10.6 Å². The number of rotatable bonds is 7. The number of hydrogen-bond acceptors (Lipinski definition) is 3. The van der Waals surface area contributed by atoms with Gasteiger partial charge in [-0.25, -0.2) is 17.5 Å². The number of aryl methyl sites for hydroxylation is 2. The predicted octanol–water partition coefficient (Wildman–Crippen LogP) is 3.39. The van der Waals surface area contributed by atoms with Gasteiger partial charge in [-0.15, -0.1) is 0 Å².